The van der Waals surface area contributed by atoms with Gasteiger partial charge in [-0.1, -0.05) is 0 Å². The molecule has 0 bridgehead atoms. The minimum Gasteiger partial charge on any atom is -0.377 e. The molecule has 1 heterocycles. The minimum absolute atomic E-state index is 0.108. The molecule has 0 spiro atoms. The van der Waals surface area contributed by atoms with Crippen molar-refractivity contribution in [2.75, 3.05) is 7.11 Å². The lowest BCUT2D eigenvalue weighted by atomic mass is 9.73. The van der Waals surface area contributed by atoms with Crippen molar-refractivity contribution in [1.82, 2.24) is 10.4 Å². The molecular formula is C12H18BrN3O. The summed E-state index contributed by atoms with van der Waals surface area (Å²) in [6.45, 7) is 0. The second-order valence-electron chi connectivity index (χ2n) is 4.51. The summed E-state index contributed by atoms with van der Waals surface area (Å²) in [5, 5.41) is 0. The number of aromatic nitrogens is 1. The molecular weight excluding hydrogens is 282 g/mol. The molecule has 0 radical (unpaired) electrons. The zero-order valence-electron chi connectivity index (χ0n) is 9.95. The summed E-state index contributed by atoms with van der Waals surface area (Å²) in [6.07, 6.45) is 5.93. The second kappa shape index (κ2) is 5.44. The van der Waals surface area contributed by atoms with Gasteiger partial charge in [-0.15, -0.1) is 0 Å². The van der Waals surface area contributed by atoms with Gasteiger partial charge in [0.2, 0.25) is 0 Å². The normalized spacial score (nSPS) is 19.7. The highest BCUT2D eigenvalue weighted by atomic mass is 79.9. The van der Waals surface area contributed by atoms with E-state index in [9.17, 15) is 0 Å². The molecule has 5 heteroatoms. The van der Waals surface area contributed by atoms with Crippen LogP contribution in [0.25, 0.3) is 0 Å². The number of halogens is 1. The third-order valence-electron chi connectivity index (χ3n) is 3.64. The maximum absolute atomic E-state index is 5.65. The van der Waals surface area contributed by atoms with Gasteiger partial charge in [0.05, 0.1) is 11.6 Å². The molecule has 1 aliphatic carbocycles. The van der Waals surface area contributed by atoms with Gasteiger partial charge in [-0.25, -0.2) is 0 Å². The van der Waals surface area contributed by atoms with Crippen LogP contribution < -0.4 is 11.3 Å². The van der Waals surface area contributed by atoms with Crippen LogP contribution in [0.2, 0.25) is 0 Å². The van der Waals surface area contributed by atoms with E-state index in [0.29, 0.717) is 0 Å². The molecule has 1 fully saturated rings. The summed E-state index contributed by atoms with van der Waals surface area (Å²) in [5.74, 6) is 5.65. The molecule has 1 aromatic heterocycles. The second-order valence-corrected chi connectivity index (χ2v) is 5.43. The highest BCUT2D eigenvalue weighted by Gasteiger charge is 2.44. The molecule has 4 nitrogen and oxygen atoms in total. The van der Waals surface area contributed by atoms with Crippen LogP contribution in [-0.2, 0) is 11.2 Å². The molecule has 1 saturated carbocycles. The summed E-state index contributed by atoms with van der Waals surface area (Å²) in [6, 6.07) is 4.13. The van der Waals surface area contributed by atoms with Crippen molar-refractivity contribution in [2.24, 2.45) is 5.84 Å². The van der Waals surface area contributed by atoms with Gasteiger partial charge in [-0.3, -0.25) is 16.3 Å². The van der Waals surface area contributed by atoms with Crippen molar-refractivity contribution in [3.63, 3.8) is 0 Å². The van der Waals surface area contributed by atoms with Gasteiger partial charge in [0.25, 0.3) is 0 Å². The SMILES string of the molecule is COC1(C(Cc2ccc(Br)cn2)NN)CCC1. The number of methoxy groups -OCH3 is 1. The first-order valence-corrected chi connectivity index (χ1v) is 6.61. The smallest absolute Gasteiger partial charge is 0.0848 e. The number of hydrogen-bond acceptors (Lipinski definition) is 4. The van der Waals surface area contributed by atoms with Crippen LogP contribution in [-0.4, -0.2) is 23.7 Å². The average molecular weight is 300 g/mol. The van der Waals surface area contributed by atoms with Crippen LogP contribution in [0.15, 0.2) is 22.8 Å². The Morgan fingerprint density at radius 1 is 1.59 bits per heavy atom. The van der Waals surface area contributed by atoms with E-state index in [2.05, 4.69) is 26.3 Å². The monoisotopic (exact) mass is 299 g/mol. The predicted octanol–water partition coefficient (Wildman–Crippen LogP) is 1.79. The minimum atomic E-state index is -0.108. The van der Waals surface area contributed by atoms with E-state index in [1.807, 2.05) is 18.3 Å². The Kier molecular flexibility index (Phi) is 4.14. The highest BCUT2D eigenvalue weighted by Crippen LogP contribution is 2.38. The van der Waals surface area contributed by atoms with E-state index in [0.717, 1.165) is 29.4 Å². The Balaban J connectivity index is 2.07. The van der Waals surface area contributed by atoms with Gasteiger partial charge in [0.1, 0.15) is 0 Å². The third-order valence-corrected chi connectivity index (χ3v) is 4.11. The predicted molar refractivity (Wildman–Crippen MR) is 70.3 cm³/mol. The summed E-state index contributed by atoms with van der Waals surface area (Å²) < 4.78 is 6.63. The topological polar surface area (TPSA) is 60.2 Å². The number of hydrazine groups is 1. The molecule has 1 atom stereocenters. The standard InChI is InChI=1S/C12H18BrN3O/c1-17-12(5-2-6-12)11(16-14)7-10-4-3-9(13)8-15-10/h3-4,8,11,16H,2,5-7,14H2,1H3. The van der Waals surface area contributed by atoms with Gasteiger partial charge in [-0.2, -0.15) is 0 Å². The van der Waals surface area contributed by atoms with Gasteiger partial charge < -0.3 is 4.74 Å². The summed E-state index contributed by atoms with van der Waals surface area (Å²) in [5.41, 5.74) is 3.80. The van der Waals surface area contributed by atoms with E-state index < -0.39 is 0 Å². The lowest BCUT2D eigenvalue weighted by molar-refractivity contribution is -0.0983. The van der Waals surface area contributed by atoms with E-state index >= 15 is 0 Å². The fraction of sp³-hybridized carbons (Fsp3) is 0.583. The van der Waals surface area contributed by atoms with Crippen molar-refractivity contribution in [1.29, 1.82) is 0 Å². The lowest BCUT2D eigenvalue weighted by Gasteiger charge is -2.46. The molecule has 3 N–H and O–H groups in total. The third kappa shape index (κ3) is 2.68. The van der Waals surface area contributed by atoms with Crippen molar-refractivity contribution >= 4 is 15.9 Å². The number of nitrogens with one attached hydrogen (secondary N) is 1. The van der Waals surface area contributed by atoms with E-state index in [4.69, 9.17) is 10.6 Å². The lowest BCUT2D eigenvalue weighted by Crippen LogP contribution is -2.59. The average Bonchev–Trinajstić information content (AvgIpc) is 2.29. The zero-order valence-corrected chi connectivity index (χ0v) is 11.5. The van der Waals surface area contributed by atoms with Gasteiger partial charge in [0, 0.05) is 29.9 Å². The molecule has 0 saturated heterocycles. The Bertz CT molecular complexity index is 359. The van der Waals surface area contributed by atoms with Gasteiger partial charge in [-0.05, 0) is 47.3 Å². The Hall–Kier alpha value is -0.490. The molecule has 94 valence electrons. The fourth-order valence-corrected chi connectivity index (χ4v) is 2.59. The number of hydrogen-bond donors (Lipinski definition) is 2. The Labute approximate surface area is 110 Å². The molecule has 0 aliphatic heterocycles. The molecule has 1 aromatic rings. The van der Waals surface area contributed by atoms with Crippen molar-refractivity contribution < 1.29 is 4.74 Å². The molecule has 0 aromatic carbocycles. The summed E-state index contributed by atoms with van der Waals surface area (Å²) in [4.78, 5) is 4.37. The molecule has 1 unspecified atom stereocenters. The van der Waals surface area contributed by atoms with Crippen LogP contribution in [0.3, 0.4) is 0 Å². The number of nitrogens with zero attached hydrogens (tertiary/aromatic N) is 1. The molecule has 2 rings (SSSR count). The largest absolute Gasteiger partial charge is 0.377 e. The van der Waals surface area contributed by atoms with Crippen LogP contribution in [0.1, 0.15) is 25.0 Å². The van der Waals surface area contributed by atoms with E-state index in [1.54, 1.807) is 7.11 Å². The van der Waals surface area contributed by atoms with E-state index in [1.165, 1.54) is 6.42 Å². The highest BCUT2D eigenvalue weighted by molar-refractivity contribution is 9.10. The zero-order chi connectivity index (χ0) is 12.3. The van der Waals surface area contributed by atoms with Crippen LogP contribution in [0.5, 0.6) is 0 Å². The number of rotatable bonds is 5. The van der Waals surface area contributed by atoms with Gasteiger partial charge >= 0.3 is 0 Å². The Morgan fingerprint density at radius 3 is 2.76 bits per heavy atom. The van der Waals surface area contributed by atoms with E-state index in [-0.39, 0.29) is 11.6 Å². The van der Waals surface area contributed by atoms with Crippen molar-refractivity contribution in [3.8, 4) is 0 Å². The fourth-order valence-electron chi connectivity index (χ4n) is 2.35. The Morgan fingerprint density at radius 2 is 2.35 bits per heavy atom. The molecule has 17 heavy (non-hydrogen) atoms. The summed E-state index contributed by atoms with van der Waals surface area (Å²) in [7, 11) is 1.76. The quantitative estimate of drug-likeness (QED) is 0.643. The first-order valence-electron chi connectivity index (χ1n) is 5.82. The first kappa shape index (κ1) is 13.0. The molecule has 0 amide bonds. The van der Waals surface area contributed by atoms with Crippen LogP contribution in [0, 0.1) is 0 Å². The maximum Gasteiger partial charge on any atom is 0.0848 e. The summed E-state index contributed by atoms with van der Waals surface area (Å²) >= 11 is 3.38. The van der Waals surface area contributed by atoms with Crippen LogP contribution in [0.4, 0.5) is 0 Å². The number of ether oxygens (including phenoxy) is 1. The van der Waals surface area contributed by atoms with Crippen LogP contribution >= 0.6 is 15.9 Å². The first-order chi connectivity index (χ1) is 8.20. The molecule has 1 aliphatic rings. The van der Waals surface area contributed by atoms with Crippen molar-refractivity contribution in [3.05, 3.63) is 28.5 Å². The van der Waals surface area contributed by atoms with Gasteiger partial charge in [0.15, 0.2) is 0 Å². The number of pyridine rings is 1. The number of nitrogens with two attached hydrogens (primary N) is 1. The van der Waals surface area contributed by atoms with Crippen molar-refractivity contribution in [2.45, 2.75) is 37.3 Å². The maximum atomic E-state index is 5.65.